The van der Waals surface area contributed by atoms with Gasteiger partial charge in [-0.15, -0.1) is 11.8 Å². The highest BCUT2D eigenvalue weighted by atomic mass is 32.2. The van der Waals surface area contributed by atoms with Crippen molar-refractivity contribution < 1.29 is 28.9 Å². The zero-order valence-corrected chi connectivity index (χ0v) is 16.0. The van der Waals surface area contributed by atoms with Crippen LogP contribution in [-0.2, 0) is 19.1 Å². The second-order valence-corrected chi connectivity index (χ2v) is 7.53. The van der Waals surface area contributed by atoms with Crippen molar-refractivity contribution in [1.82, 2.24) is 25.5 Å². The molecule has 154 valence electrons. The highest BCUT2D eigenvalue weighted by Crippen LogP contribution is 2.36. The molecule has 0 radical (unpaired) electrons. The molecular weight excluding hydrogens is 402 g/mol. The van der Waals surface area contributed by atoms with Crippen molar-refractivity contribution in [3.8, 4) is 11.8 Å². The average molecular weight is 421 g/mol. The number of nitrogens with one attached hydrogen (secondary N) is 1. The van der Waals surface area contributed by atoms with Crippen molar-refractivity contribution in [2.24, 2.45) is 0 Å². The smallest absolute Gasteiger partial charge is 0.341 e. The second kappa shape index (κ2) is 8.76. The molecule has 2 aliphatic heterocycles. The van der Waals surface area contributed by atoms with Crippen molar-refractivity contribution in [1.29, 1.82) is 0 Å². The average Bonchev–Trinajstić information content (AvgIpc) is 3.40. The van der Waals surface area contributed by atoms with Gasteiger partial charge in [-0.3, -0.25) is 9.59 Å². The van der Waals surface area contributed by atoms with Crippen LogP contribution in [0.15, 0.2) is 30.3 Å². The van der Waals surface area contributed by atoms with Crippen LogP contribution < -0.4 is 10.1 Å². The number of carbonyl (C=O) groups is 2. The van der Waals surface area contributed by atoms with Gasteiger partial charge in [-0.2, -0.15) is 4.68 Å². The lowest BCUT2D eigenvalue weighted by Crippen LogP contribution is -2.44. The van der Waals surface area contributed by atoms with Crippen LogP contribution in [0.1, 0.15) is 6.04 Å². The lowest BCUT2D eigenvalue weighted by atomic mass is 10.1. The molecule has 11 nitrogen and oxygen atoms in total. The molecule has 0 unspecified atom stereocenters. The fourth-order valence-electron chi connectivity index (χ4n) is 3.35. The predicted molar refractivity (Wildman–Crippen MR) is 99.7 cm³/mol. The van der Waals surface area contributed by atoms with E-state index in [1.807, 2.05) is 18.2 Å². The molecule has 2 aromatic rings. The first-order chi connectivity index (χ1) is 14.1. The van der Waals surface area contributed by atoms with Crippen molar-refractivity contribution in [3.63, 3.8) is 0 Å². The Labute approximate surface area is 169 Å². The Hall–Kier alpha value is -2.70. The molecule has 0 saturated carbocycles. The van der Waals surface area contributed by atoms with Crippen molar-refractivity contribution in [3.05, 3.63) is 30.3 Å². The number of tetrazole rings is 1. The van der Waals surface area contributed by atoms with Crippen LogP contribution in [0.2, 0.25) is 0 Å². The number of amides is 1. The fourth-order valence-corrected chi connectivity index (χ4v) is 3.89. The number of hydrogen-bond donors (Lipinski definition) is 2. The van der Waals surface area contributed by atoms with E-state index in [-0.39, 0.29) is 54.3 Å². The lowest BCUT2D eigenvalue weighted by molar-refractivity contribution is -0.133. The summed E-state index contributed by atoms with van der Waals surface area (Å²) in [6.07, 6.45) is -0.684. The number of fused-ring (bicyclic) bond motifs is 1. The summed E-state index contributed by atoms with van der Waals surface area (Å²) in [5, 5.41) is 23.2. The molecule has 2 N–H and O–H groups in total. The van der Waals surface area contributed by atoms with E-state index in [0.717, 1.165) is 11.8 Å². The van der Waals surface area contributed by atoms with Gasteiger partial charge in [0.05, 0.1) is 30.8 Å². The highest BCUT2D eigenvalue weighted by Gasteiger charge is 2.50. The monoisotopic (exact) mass is 421 g/mol. The van der Waals surface area contributed by atoms with Gasteiger partial charge in [0.15, 0.2) is 0 Å². The number of carboxylic acid groups (broad SMARTS) is 1. The fraction of sp³-hybridized carbons (Fsp3) is 0.471. The third-order valence-electron chi connectivity index (χ3n) is 4.56. The van der Waals surface area contributed by atoms with E-state index in [1.165, 1.54) is 4.68 Å². The number of para-hydroxylation sites is 1. The van der Waals surface area contributed by atoms with E-state index in [2.05, 4.69) is 20.8 Å². The van der Waals surface area contributed by atoms with Gasteiger partial charge < -0.3 is 24.6 Å². The summed E-state index contributed by atoms with van der Waals surface area (Å²) < 4.78 is 19.0. The quantitative estimate of drug-likeness (QED) is 0.604. The first-order valence-corrected chi connectivity index (χ1v) is 10.1. The molecule has 0 aliphatic carbocycles. The molecule has 2 saturated heterocycles. The third-order valence-corrected chi connectivity index (χ3v) is 5.48. The molecule has 2 aliphatic rings. The summed E-state index contributed by atoms with van der Waals surface area (Å²) in [6.45, 7) is 0.601. The molecular formula is C17H19N5O6S. The number of benzene rings is 1. The number of thioether (sulfide) groups is 1. The van der Waals surface area contributed by atoms with E-state index in [9.17, 15) is 9.59 Å². The van der Waals surface area contributed by atoms with Gasteiger partial charge in [-0.05, 0) is 22.6 Å². The third kappa shape index (κ3) is 4.49. The first kappa shape index (κ1) is 19.6. The SMILES string of the molecule is O=C(O)CSCC(=O)N[C@H]1CO[C@H]2[C@@H]1OC[C@@H]2n1nnnc1Oc1ccccc1. The molecule has 0 bridgehead atoms. The number of aliphatic carboxylic acids is 1. The molecule has 1 aromatic carbocycles. The van der Waals surface area contributed by atoms with Crippen LogP contribution in [0.3, 0.4) is 0 Å². The number of hydrogen-bond acceptors (Lipinski definition) is 9. The Morgan fingerprint density at radius 3 is 2.79 bits per heavy atom. The van der Waals surface area contributed by atoms with Crippen LogP contribution in [0.25, 0.3) is 0 Å². The van der Waals surface area contributed by atoms with Crippen LogP contribution in [0, 0.1) is 0 Å². The predicted octanol–water partition coefficient (Wildman–Crippen LogP) is 0.107. The second-order valence-electron chi connectivity index (χ2n) is 6.54. The Morgan fingerprint density at radius 1 is 1.21 bits per heavy atom. The molecule has 4 rings (SSSR count). The van der Waals surface area contributed by atoms with E-state index in [1.54, 1.807) is 12.1 Å². The largest absolute Gasteiger partial charge is 0.481 e. The normalized spacial score (nSPS) is 25.5. The zero-order valence-electron chi connectivity index (χ0n) is 15.2. The summed E-state index contributed by atoms with van der Waals surface area (Å²) in [5.74, 6) is -0.665. The zero-order chi connectivity index (χ0) is 20.2. The molecule has 12 heteroatoms. The maximum Gasteiger partial charge on any atom is 0.341 e. The minimum absolute atomic E-state index is 0.0612. The summed E-state index contributed by atoms with van der Waals surface area (Å²) in [4.78, 5) is 22.6. The molecule has 29 heavy (non-hydrogen) atoms. The minimum atomic E-state index is -0.955. The van der Waals surface area contributed by atoms with Gasteiger partial charge in [-0.25, -0.2) is 0 Å². The Balaban J connectivity index is 1.37. The minimum Gasteiger partial charge on any atom is -0.481 e. The number of carboxylic acids is 1. The number of aromatic nitrogens is 4. The lowest BCUT2D eigenvalue weighted by Gasteiger charge is -2.18. The standard InChI is InChI=1S/C17H19N5O6S/c23-13(8-29-9-14(24)25)18-11-6-26-16-12(7-27-15(11)16)22-17(19-20-21-22)28-10-4-2-1-3-5-10/h1-5,11-12,15-16H,6-9H2,(H,18,23)(H,24,25)/t11-,12-,15+,16+/m0/s1. The molecule has 1 aromatic heterocycles. The summed E-state index contributed by atoms with van der Waals surface area (Å²) >= 11 is 1.04. The summed E-state index contributed by atoms with van der Waals surface area (Å²) in [7, 11) is 0. The maximum absolute atomic E-state index is 12.0. The van der Waals surface area contributed by atoms with Gasteiger partial charge >= 0.3 is 12.0 Å². The first-order valence-electron chi connectivity index (χ1n) is 8.94. The molecule has 1 amide bonds. The maximum atomic E-state index is 12.0. The van der Waals surface area contributed by atoms with Crippen LogP contribution in [-0.4, -0.2) is 80.2 Å². The van der Waals surface area contributed by atoms with E-state index < -0.39 is 5.97 Å². The van der Waals surface area contributed by atoms with Crippen molar-refractivity contribution in [2.45, 2.75) is 24.3 Å². The van der Waals surface area contributed by atoms with Gasteiger partial charge in [0, 0.05) is 0 Å². The van der Waals surface area contributed by atoms with Crippen LogP contribution >= 0.6 is 11.8 Å². The number of ether oxygens (including phenoxy) is 3. The van der Waals surface area contributed by atoms with Gasteiger partial charge in [0.2, 0.25) is 5.91 Å². The number of rotatable bonds is 8. The number of carbonyl (C=O) groups excluding carboxylic acids is 1. The topological polar surface area (TPSA) is 138 Å². The molecule has 2 fully saturated rings. The van der Waals surface area contributed by atoms with E-state index in [4.69, 9.17) is 19.3 Å². The van der Waals surface area contributed by atoms with Gasteiger partial charge in [0.1, 0.15) is 24.0 Å². The Bertz CT molecular complexity index is 865. The van der Waals surface area contributed by atoms with Crippen LogP contribution in [0.5, 0.6) is 11.8 Å². The molecule has 3 heterocycles. The van der Waals surface area contributed by atoms with Gasteiger partial charge in [0.25, 0.3) is 0 Å². The highest BCUT2D eigenvalue weighted by molar-refractivity contribution is 8.00. The van der Waals surface area contributed by atoms with E-state index >= 15 is 0 Å². The van der Waals surface area contributed by atoms with Crippen molar-refractivity contribution in [2.75, 3.05) is 24.7 Å². The van der Waals surface area contributed by atoms with Gasteiger partial charge in [-0.1, -0.05) is 23.3 Å². The van der Waals surface area contributed by atoms with E-state index in [0.29, 0.717) is 12.4 Å². The summed E-state index contributed by atoms with van der Waals surface area (Å²) in [6, 6.07) is 8.79. The Morgan fingerprint density at radius 2 is 2.00 bits per heavy atom. The summed E-state index contributed by atoms with van der Waals surface area (Å²) in [5.41, 5.74) is 0. The molecule has 0 spiro atoms. The van der Waals surface area contributed by atoms with Crippen LogP contribution in [0.4, 0.5) is 0 Å². The molecule has 4 atom stereocenters. The van der Waals surface area contributed by atoms with Crippen molar-refractivity contribution >= 4 is 23.6 Å². The Kier molecular flexibility index (Phi) is 5.92. The number of nitrogens with zero attached hydrogens (tertiary/aromatic N) is 4.